The number of benzene rings is 1. The van der Waals surface area contributed by atoms with E-state index < -0.39 is 18.2 Å². The number of nitrogens with zero attached hydrogens (tertiary/aromatic N) is 1. The van der Waals surface area contributed by atoms with Gasteiger partial charge in [-0.2, -0.15) is 13.2 Å². The van der Waals surface area contributed by atoms with Crippen LogP contribution in [0, 0.1) is 6.92 Å². The van der Waals surface area contributed by atoms with E-state index in [-0.39, 0.29) is 17.1 Å². The minimum absolute atomic E-state index is 0.0351. The number of carbonyl (C=O) groups is 1. The highest BCUT2D eigenvalue weighted by atomic mass is 32.1. The molecule has 1 heterocycles. The molecule has 0 bridgehead atoms. The van der Waals surface area contributed by atoms with Crippen LogP contribution in [0.5, 0.6) is 0 Å². The number of rotatable bonds is 5. The Labute approximate surface area is 128 Å². The van der Waals surface area contributed by atoms with Gasteiger partial charge in [-0.05, 0) is 24.6 Å². The summed E-state index contributed by atoms with van der Waals surface area (Å²) in [5.74, 6) is -1.12. The average molecular weight is 330 g/mol. The van der Waals surface area contributed by atoms with Crippen LogP contribution < -0.4 is 5.32 Å². The fraction of sp³-hybridized carbons (Fsp3) is 0.286. The molecule has 1 atom stereocenters. The average Bonchev–Trinajstić information content (AvgIpc) is 2.84. The zero-order chi connectivity index (χ0) is 16.3. The van der Waals surface area contributed by atoms with Crippen molar-refractivity contribution in [2.45, 2.75) is 25.7 Å². The second kappa shape index (κ2) is 6.45. The van der Waals surface area contributed by atoms with Gasteiger partial charge < -0.3 is 5.11 Å². The summed E-state index contributed by atoms with van der Waals surface area (Å²) in [6.45, 7) is 1.52. The summed E-state index contributed by atoms with van der Waals surface area (Å²) in [6, 6.07) is 3.92. The summed E-state index contributed by atoms with van der Waals surface area (Å²) in [6.07, 6.45) is -4.48. The Morgan fingerprint density at radius 3 is 2.73 bits per heavy atom. The maximum atomic E-state index is 13.1. The number of aromatic carboxylic acids is 1. The van der Waals surface area contributed by atoms with Crippen molar-refractivity contribution in [1.29, 1.82) is 0 Å². The van der Waals surface area contributed by atoms with E-state index in [0.717, 1.165) is 11.3 Å². The van der Waals surface area contributed by atoms with Gasteiger partial charge in [0.05, 0.1) is 5.56 Å². The lowest BCUT2D eigenvalue weighted by Crippen LogP contribution is -2.33. The molecule has 0 aliphatic carbocycles. The standard InChI is InChI=1S/C14H13F3N2O2S/c1-8-7-22-12(19-8)11(14(15,16)17)18-6-9-3-2-4-10(5-9)13(20)21/h2-5,7,11,18H,6H2,1H3,(H,20,21). The number of alkyl halides is 3. The van der Waals surface area contributed by atoms with Crippen LogP contribution in [0.25, 0.3) is 0 Å². The predicted octanol–water partition coefficient (Wildman–Crippen LogP) is 3.54. The van der Waals surface area contributed by atoms with Crippen molar-refractivity contribution in [2.24, 2.45) is 0 Å². The molecule has 8 heteroatoms. The van der Waals surface area contributed by atoms with Crippen LogP contribution in [0.1, 0.15) is 32.7 Å². The number of nitrogens with one attached hydrogen (secondary N) is 1. The van der Waals surface area contributed by atoms with Gasteiger partial charge in [0.25, 0.3) is 0 Å². The van der Waals surface area contributed by atoms with E-state index in [2.05, 4.69) is 10.3 Å². The first-order chi connectivity index (χ1) is 10.3. The Balaban J connectivity index is 2.15. The Morgan fingerprint density at radius 2 is 2.18 bits per heavy atom. The first-order valence-corrected chi connectivity index (χ1v) is 7.19. The molecular formula is C14H13F3N2O2S. The van der Waals surface area contributed by atoms with E-state index in [0.29, 0.717) is 11.3 Å². The topological polar surface area (TPSA) is 62.2 Å². The molecule has 0 spiro atoms. The van der Waals surface area contributed by atoms with Crippen molar-refractivity contribution in [3.8, 4) is 0 Å². The number of aryl methyl sites for hydroxylation is 1. The normalized spacial score (nSPS) is 13.1. The lowest BCUT2D eigenvalue weighted by atomic mass is 10.1. The highest BCUT2D eigenvalue weighted by Crippen LogP contribution is 2.34. The molecule has 0 radical (unpaired) electrons. The number of carboxylic acids is 1. The van der Waals surface area contributed by atoms with Crippen LogP contribution in [0.15, 0.2) is 29.6 Å². The van der Waals surface area contributed by atoms with E-state index >= 15 is 0 Å². The maximum absolute atomic E-state index is 13.1. The molecule has 2 N–H and O–H groups in total. The van der Waals surface area contributed by atoms with Crippen LogP contribution in [0.4, 0.5) is 13.2 Å². The number of thiazole rings is 1. The minimum atomic E-state index is -4.48. The third-order valence-electron chi connectivity index (χ3n) is 2.90. The van der Waals surface area contributed by atoms with Crippen molar-refractivity contribution >= 4 is 17.3 Å². The molecule has 1 unspecified atom stereocenters. The summed E-state index contributed by atoms with van der Waals surface area (Å²) in [7, 11) is 0. The maximum Gasteiger partial charge on any atom is 0.410 e. The fourth-order valence-electron chi connectivity index (χ4n) is 1.88. The minimum Gasteiger partial charge on any atom is -0.478 e. The van der Waals surface area contributed by atoms with Gasteiger partial charge in [0.15, 0.2) is 6.04 Å². The summed E-state index contributed by atoms with van der Waals surface area (Å²) in [5.41, 5.74) is 1.03. The summed E-state index contributed by atoms with van der Waals surface area (Å²) < 4.78 is 39.4. The van der Waals surface area contributed by atoms with Gasteiger partial charge in [0.1, 0.15) is 5.01 Å². The molecule has 2 rings (SSSR count). The second-order valence-electron chi connectivity index (χ2n) is 4.69. The van der Waals surface area contributed by atoms with E-state index in [1.807, 2.05) is 0 Å². The van der Waals surface area contributed by atoms with Crippen molar-refractivity contribution in [1.82, 2.24) is 10.3 Å². The zero-order valence-corrected chi connectivity index (χ0v) is 12.3. The van der Waals surface area contributed by atoms with Crippen molar-refractivity contribution in [2.75, 3.05) is 0 Å². The molecular weight excluding hydrogens is 317 g/mol. The van der Waals surface area contributed by atoms with Crippen molar-refractivity contribution in [3.63, 3.8) is 0 Å². The van der Waals surface area contributed by atoms with E-state index in [9.17, 15) is 18.0 Å². The SMILES string of the molecule is Cc1csc(C(NCc2cccc(C(=O)O)c2)C(F)(F)F)n1. The van der Waals surface area contributed by atoms with Gasteiger partial charge >= 0.3 is 12.1 Å². The summed E-state index contributed by atoms with van der Waals surface area (Å²) in [5, 5.41) is 12.8. The highest BCUT2D eigenvalue weighted by molar-refractivity contribution is 7.09. The Bertz CT molecular complexity index is 670. The first-order valence-electron chi connectivity index (χ1n) is 6.31. The van der Waals surface area contributed by atoms with Crippen LogP contribution in [-0.4, -0.2) is 22.2 Å². The number of halogens is 3. The molecule has 1 aromatic heterocycles. The fourth-order valence-corrected chi connectivity index (χ4v) is 2.78. The molecule has 2 aromatic rings. The molecule has 0 saturated heterocycles. The van der Waals surface area contributed by atoms with Gasteiger partial charge in [-0.3, -0.25) is 5.32 Å². The number of hydrogen-bond donors (Lipinski definition) is 2. The van der Waals surface area contributed by atoms with E-state index in [1.54, 1.807) is 18.4 Å². The van der Waals surface area contributed by atoms with Crippen molar-refractivity contribution in [3.05, 3.63) is 51.5 Å². The van der Waals surface area contributed by atoms with Crippen molar-refractivity contribution < 1.29 is 23.1 Å². The van der Waals surface area contributed by atoms with Gasteiger partial charge in [0.2, 0.25) is 0 Å². The Hall–Kier alpha value is -1.93. The molecule has 4 nitrogen and oxygen atoms in total. The van der Waals surface area contributed by atoms with Gasteiger partial charge in [-0.1, -0.05) is 12.1 Å². The summed E-state index contributed by atoms with van der Waals surface area (Å²) >= 11 is 0.940. The summed E-state index contributed by atoms with van der Waals surface area (Å²) in [4.78, 5) is 14.7. The highest BCUT2D eigenvalue weighted by Gasteiger charge is 2.42. The Morgan fingerprint density at radius 1 is 1.45 bits per heavy atom. The van der Waals surface area contributed by atoms with Gasteiger partial charge in [-0.25, -0.2) is 9.78 Å². The van der Waals surface area contributed by atoms with Gasteiger partial charge in [-0.15, -0.1) is 11.3 Å². The second-order valence-corrected chi connectivity index (χ2v) is 5.58. The largest absolute Gasteiger partial charge is 0.478 e. The molecule has 1 aromatic carbocycles. The first kappa shape index (κ1) is 16.4. The Kier molecular flexibility index (Phi) is 4.82. The molecule has 0 fully saturated rings. The number of aromatic nitrogens is 1. The lowest BCUT2D eigenvalue weighted by Gasteiger charge is -2.19. The van der Waals surface area contributed by atoms with Crippen LogP contribution in [-0.2, 0) is 6.54 Å². The quantitative estimate of drug-likeness (QED) is 0.880. The van der Waals surface area contributed by atoms with Crippen LogP contribution in [0.2, 0.25) is 0 Å². The monoisotopic (exact) mass is 330 g/mol. The third-order valence-corrected chi connectivity index (χ3v) is 3.92. The number of carboxylic acid groups (broad SMARTS) is 1. The molecule has 0 aliphatic heterocycles. The smallest absolute Gasteiger partial charge is 0.410 e. The van der Waals surface area contributed by atoms with Crippen LogP contribution in [0.3, 0.4) is 0 Å². The van der Waals surface area contributed by atoms with Gasteiger partial charge in [0, 0.05) is 17.6 Å². The predicted molar refractivity (Wildman–Crippen MR) is 75.9 cm³/mol. The number of hydrogen-bond acceptors (Lipinski definition) is 4. The molecule has 118 valence electrons. The van der Waals surface area contributed by atoms with E-state index in [1.165, 1.54) is 18.2 Å². The van der Waals surface area contributed by atoms with Crippen LogP contribution >= 0.6 is 11.3 Å². The molecule has 0 amide bonds. The molecule has 0 aliphatic rings. The zero-order valence-electron chi connectivity index (χ0n) is 11.5. The van der Waals surface area contributed by atoms with E-state index in [4.69, 9.17) is 5.11 Å². The third kappa shape index (κ3) is 4.05. The lowest BCUT2D eigenvalue weighted by molar-refractivity contribution is -0.158. The molecule has 0 saturated carbocycles. The molecule has 22 heavy (non-hydrogen) atoms.